The summed E-state index contributed by atoms with van der Waals surface area (Å²) in [6.45, 7) is 16.8. The van der Waals surface area contributed by atoms with Crippen LogP contribution in [0, 0.1) is 19.8 Å². The molecule has 2 fully saturated rings. The van der Waals surface area contributed by atoms with Crippen LogP contribution in [0.25, 0.3) is 22.1 Å². The molecule has 488 valence electrons. The van der Waals surface area contributed by atoms with Crippen LogP contribution < -0.4 is 48.5 Å². The first-order valence-electron chi connectivity index (χ1n) is 30.7. The molecule has 2 aliphatic heterocycles. The first-order chi connectivity index (χ1) is 44.0. The number of aromatic nitrogens is 8. The molecule has 0 spiro atoms. The molecule has 0 bridgehead atoms. The van der Waals surface area contributed by atoms with Crippen LogP contribution in [0.2, 0.25) is 0 Å². The second-order valence-electron chi connectivity index (χ2n) is 23.1. The van der Waals surface area contributed by atoms with Crippen LogP contribution in [0.15, 0.2) is 82.8 Å². The number of hydrogen-bond donors (Lipinski definition) is 7. The Morgan fingerprint density at radius 1 is 0.739 bits per heavy atom. The number of anilines is 1. The van der Waals surface area contributed by atoms with Crippen LogP contribution >= 0.6 is 0 Å². The van der Waals surface area contributed by atoms with Crippen LogP contribution in [0.5, 0.6) is 11.5 Å². The normalized spacial score (nSPS) is 15.6. The van der Waals surface area contributed by atoms with Gasteiger partial charge in [0, 0.05) is 82.3 Å². The quantitative estimate of drug-likeness (QED) is 0.0337. The number of primary amides is 2. The van der Waals surface area contributed by atoms with Crippen molar-refractivity contribution in [1.82, 2.24) is 58.7 Å². The van der Waals surface area contributed by atoms with E-state index in [1.807, 2.05) is 39.8 Å². The molecule has 6 heterocycles. The van der Waals surface area contributed by atoms with Crippen molar-refractivity contribution in [3.05, 3.63) is 124 Å². The Labute approximate surface area is 529 Å². The third kappa shape index (κ3) is 15.2. The molecule has 0 radical (unpaired) electrons. The number of H-pyrrole nitrogens is 2. The number of imidazole rings is 2. The van der Waals surface area contributed by atoms with Gasteiger partial charge in [0.2, 0.25) is 40.8 Å². The predicted octanol–water partition coefficient (Wildman–Crippen LogP) is 3.39. The molecule has 3 aromatic carbocycles. The van der Waals surface area contributed by atoms with Gasteiger partial charge in [0.1, 0.15) is 52.6 Å². The lowest BCUT2D eigenvalue weighted by molar-refractivity contribution is -0.140. The summed E-state index contributed by atoms with van der Waals surface area (Å²) in [6, 6.07) is 14.1. The molecule has 2 aliphatic rings. The van der Waals surface area contributed by atoms with Gasteiger partial charge in [0.25, 0.3) is 11.8 Å². The summed E-state index contributed by atoms with van der Waals surface area (Å²) >= 11 is 0. The van der Waals surface area contributed by atoms with Gasteiger partial charge >= 0.3 is 6.09 Å². The minimum Gasteiger partial charge on any atom is -0.494 e. The number of benzene rings is 3. The summed E-state index contributed by atoms with van der Waals surface area (Å²) in [5.41, 5.74) is 22.8. The van der Waals surface area contributed by atoms with Gasteiger partial charge < -0.3 is 70.9 Å². The standard InChI is InChI=1S/C63H80N18O11/c1-9-80-47(29-37(5)73-80)57(85)71-61-68-44-31-41(54(65)82)33-49(90-8)52(44)78(61)21-11-12-22-79-53-45(69-62(79)72-58(86)48-30-38(6)74-81(48)10-2)32-42(55(66)83)34-50(53)91-28-14-20-75-24-26-76(27-25-75)63(89)92-35-40-16-18-43(19-17-40)67-59(87)51(36(3)4)70-56(84)46-15-13-23-77(46)60(88)39(7)64/h11-12,16-19,29-34,36,39,46,51H,9-10,13-15,20-28,35,64H2,1-8H3,(H2,65,82)(H2,66,83)(H,67,87)(H,70,84)(H,68,71,85)(H,69,72,86)/b12-11+/t39-,46-,51-/m0/s1. The molecule has 8 amide bonds. The molecule has 0 aliphatic carbocycles. The van der Waals surface area contributed by atoms with Gasteiger partial charge in [-0.1, -0.05) is 38.1 Å². The largest absolute Gasteiger partial charge is 0.494 e. The maximum atomic E-state index is 14.0. The lowest BCUT2D eigenvalue weighted by atomic mass is 10.0. The van der Waals surface area contributed by atoms with Crippen LogP contribution in [-0.4, -0.2) is 172 Å². The molecular formula is C63H80N18O11. The smallest absolute Gasteiger partial charge is 0.410 e. The number of piperazine rings is 1. The zero-order valence-corrected chi connectivity index (χ0v) is 53.0. The second-order valence-corrected chi connectivity index (χ2v) is 23.1. The summed E-state index contributed by atoms with van der Waals surface area (Å²) in [5, 5.41) is 14.6. The highest BCUT2D eigenvalue weighted by molar-refractivity contribution is 6.01. The molecule has 9 rings (SSSR count). The third-order valence-electron chi connectivity index (χ3n) is 16.0. The van der Waals surface area contributed by atoms with Crippen molar-refractivity contribution in [2.45, 2.75) is 119 Å². The molecule has 0 saturated carbocycles. The number of allylic oxidation sites excluding steroid dienone is 2. The highest BCUT2D eigenvalue weighted by Gasteiger charge is 2.37. The zero-order valence-electron chi connectivity index (χ0n) is 53.0. The Morgan fingerprint density at radius 2 is 1.28 bits per heavy atom. The van der Waals surface area contributed by atoms with E-state index in [2.05, 4.69) is 45.7 Å². The molecule has 0 unspecified atom stereocenters. The summed E-state index contributed by atoms with van der Waals surface area (Å²) < 4.78 is 24.5. The molecule has 4 aromatic heterocycles. The maximum Gasteiger partial charge on any atom is 0.410 e. The number of ether oxygens (including phenoxy) is 3. The molecular weight excluding hydrogens is 1180 g/mol. The topological polar surface area (TPSA) is 378 Å². The number of fused-ring (bicyclic) bond motifs is 2. The summed E-state index contributed by atoms with van der Waals surface area (Å²) in [7, 11) is 1.45. The first kappa shape index (κ1) is 66.3. The van der Waals surface area contributed by atoms with Crippen molar-refractivity contribution in [3.63, 3.8) is 0 Å². The highest BCUT2D eigenvalue weighted by atomic mass is 16.6. The van der Waals surface area contributed by atoms with Crippen molar-refractivity contribution in [3.8, 4) is 11.5 Å². The molecule has 29 nitrogen and oxygen atoms in total. The molecule has 10 N–H and O–H groups in total. The third-order valence-corrected chi connectivity index (χ3v) is 16.0. The van der Waals surface area contributed by atoms with Crippen LogP contribution in [-0.2, 0) is 51.9 Å². The van der Waals surface area contributed by atoms with Crippen molar-refractivity contribution < 1.29 is 52.6 Å². The number of aryl methyl sites for hydroxylation is 4. The number of nitrogens with two attached hydrogens (primary N) is 3. The lowest BCUT2D eigenvalue weighted by Gasteiger charge is -2.34. The summed E-state index contributed by atoms with van der Waals surface area (Å²) in [5.74, 6) is -3.30. The van der Waals surface area contributed by atoms with Gasteiger partial charge in [-0.15, -0.1) is 0 Å². The predicted molar refractivity (Wildman–Crippen MR) is 339 cm³/mol. The van der Waals surface area contributed by atoms with E-state index in [1.165, 1.54) is 18.1 Å². The fraction of sp³-hybridized carbons (Fsp3) is 0.429. The van der Waals surface area contributed by atoms with E-state index in [1.54, 1.807) is 98.8 Å². The molecule has 7 aromatic rings. The van der Waals surface area contributed by atoms with Crippen molar-refractivity contribution in [1.29, 1.82) is 0 Å². The summed E-state index contributed by atoms with van der Waals surface area (Å²) in [6.07, 6.45) is 4.88. The van der Waals surface area contributed by atoms with E-state index in [0.717, 1.165) is 0 Å². The van der Waals surface area contributed by atoms with Gasteiger partial charge in [-0.05, 0) is 114 Å². The number of likely N-dealkylation sites (tertiary alicyclic amines) is 1. The number of amides is 8. The average Bonchev–Trinajstić information content (AvgIpc) is 1.62. The lowest BCUT2D eigenvalue weighted by Crippen LogP contribution is -2.55. The zero-order chi connectivity index (χ0) is 66.1. The molecule has 2 saturated heterocycles. The SMILES string of the molecule is CCn1nc(C)cc1C(=O)/N=c1\[nH]c2cc(C(N)=O)cc(OC)c2n1C/C=C/Cn1/c(=N/C(=O)c2cc(C)nn2CC)[nH]c2cc(C(N)=O)cc(OCCCN3CCN(C(=O)OCc4ccc(NC(=O)[C@@H](NC(=O)[C@@H]5CCCN5C(=O)[C@H](C)N)C(C)C)cc4)CC3)c21. The second kappa shape index (κ2) is 29.2. The molecule has 3 atom stereocenters. The molecule has 92 heavy (non-hydrogen) atoms. The van der Waals surface area contributed by atoms with E-state index in [4.69, 9.17) is 31.4 Å². The van der Waals surface area contributed by atoms with Crippen LogP contribution in [0.3, 0.4) is 0 Å². The summed E-state index contributed by atoms with van der Waals surface area (Å²) in [4.78, 5) is 126. The van der Waals surface area contributed by atoms with Crippen molar-refractivity contribution >= 4 is 75.2 Å². The number of rotatable bonds is 24. The Morgan fingerprint density at radius 3 is 1.79 bits per heavy atom. The van der Waals surface area contributed by atoms with Crippen LogP contribution in [0.1, 0.15) is 113 Å². The number of hydrogen-bond acceptors (Lipinski definition) is 15. The Kier molecular flexibility index (Phi) is 21.0. The number of carbonyl (C=O) groups is 8. The van der Waals surface area contributed by atoms with E-state index in [9.17, 15) is 38.4 Å². The fourth-order valence-electron chi connectivity index (χ4n) is 11.3. The Bertz CT molecular complexity index is 4120. The monoisotopic (exact) mass is 1260 g/mol. The number of nitrogens with one attached hydrogen (secondary N) is 4. The first-order valence-corrected chi connectivity index (χ1v) is 30.7. The van der Waals surface area contributed by atoms with Crippen molar-refractivity contribution in [2.75, 3.05) is 58.3 Å². The van der Waals surface area contributed by atoms with Gasteiger partial charge in [0.05, 0.1) is 42.2 Å². The minimum absolute atomic E-state index is 0.000562. The van der Waals surface area contributed by atoms with E-state index >= 15 is 0 Å². The van der Waals surface area contributed by atoms with E-state index in [0.29, 0.717) is 128 Å². The number of methoxy groups -OCH3 is 1. The van der Waals surface area contributed by atoms with Gasteiger partial charge in [-0.2, -0.15) is 20.2 Å². The Hall–Kier alpha value is -10.2. The molecule has 29 heteroatoms. The Balaban J connectivity index is 0.856. The van der Waals surface area contributed by atoms with Gasteiger partial charge in [0.15, 0.2) is 0 Å². The van der Waals surface area contributed by atoms with E-state index < -0.39 is 59.7 Å². The van der Waals surface area contributed by atoms with Gasteiger partial charge in [-0.25, -0.2) is 4.79 Å². The van der Waals surface area contributed by atoms with E-state index in [-0.39, 0.29) is 71.9 Å². The van der Waals surface area contributed by atoms with Crippen LogP contribution in [0.4, 0.5) is 10.5 Å². The fourth-order valence-corrected chi connectivity index (χ4v) is 11.3. The maximum absolute atomic E-state index is 14.0. The number of aromatic amines is 2. The number of carbonyl (C=O) groups excluding carboxylic acids is 8. The van der Waals surface area contributed by atoms with Crippen molar-refractivity contribution in [2.24, 2.45) is 33.1 Å². The minimum atomic E-state index is -0.862. The average molecular weight is 1270 g/mol. The highest BCUT2D eigenvalue weighted by Crippen LogP contribution is 2.29. The number of nitrogens with zero attached hydrogens (tertiary/aromatic N) is 11. The van der Waals surface area contributed by atoms with Gasteiger partial charge in [-0.3, -0.25) is 47.8 Å².